The average Bonchev–Trinajstić information content (AvgIpc) is 3.48. The van der Waals surface area contributed by atoms with Crippen LogP contribution in [0.5, 0.6) is 0 Å². The normalized spacial score (nSPS) is 21.2. The van der Waals surface area contributed by atoms with E-state index in [0.717, 1.165) is 18.9 Å². The summed E-state index contributed by atoms with van der Waals surface area (Å²) in [5, 5.41) is 3.54. The molecule has 0 radical (unpaired) electrons. The molecule has 2 fully saturated rings. The Morgan fingerprint density at radius 1 is 1.08 bits per heavy atom. The first-order chi connectivity index (χ1) is 17.5. The number of rotatable bonds is 5. The van der Waals surface area contributed by atoms with Gasteiger partial charge in [-0.2, -0.15) is 13.2 Å². The summed E-state index contributed by atoms with van der Waals surface area (Å²) in [7, 11) is 0. The molecular formula is C27H26F3N3O4. The van der Waals surface area contributed by atoms with Crippen LogP contribution in [0.25, 0.3) is 22.0 Å². The molecule has 1 aliphatic heterocycles. The van der Waals surface area contributed by atoms with Gasteiger partial charge in [0.2, 0.25) is 5.91 Å². The van der Waals surface area contributed by atoms with Crippen molar-refractivity contribution in [3.8, 4) is 11.3 Å². The summed E-state index contributed by atoms with van der Waals surface area (Å²) in [5.74, 6) is -1.27. The fraction of sp³-hybridized carbons (Fsp3) is 0.370. The molecule has 1 amide bonds. The maximum Gasteiger partial charge on any atom is 0.417 e. The van der Waals surface area contributed by atoms with Crippen LogP contribution in [0.4, 0.5) is 13.2 Å². The number of nitrogens with one attached hydrogen (secondary N) is 2. The number of fused-ring (bicyclic) bond motifs is 1. The number of hydrogen-bond acceptors (Lipinski definition) is 5. The van der Waals surface area contributed by atoms with Crippen molar-refractivity contribution in [2.45, 2.75) is 55.8 Å². The van der Waals surface area contributed by atoms with Gasteiger partial charge in [-0.25, -0.2) is 0 Å². The molecule has 2 atom stereocenters. The Morgan fingerprint density at radius 3 is 2.54 bits per heavy atom. The monoisotopic (exact) mass is 513 g/mol. The van der Waals surface area contributed by atoms with E-state index in [0.29, 0.717) is 30.2 Å². The van der Waals surface area contributed by atoms with Gasteiger partial charge in [-0.1, -0.05) is 43.2 Å². The fourth-order valence-electron chi connectivity index (χ4n) is 5.28. The van der Waals surface area contributed by atoms with Crippen molar-refractivity contribution in [2.75, 3.05) is 6.61 Å². The lowest BCUT2D eigenvalue weighted by molar-refractivity contribution is -0.150. The Kier molecular flexibility index (Phi) is 6.31. The SMILES string of the molecule is NC1(C(=O)OCC2C[C@H](c3ccc4cc(-c5ccccc5C(F)(F)F)[nH]c(=O)c4c3)C(=O)N2)CCCC1. The van der Waals surface area contributed by atoms with E-state index in [-0.39, 0.29) is 35.2 Å². The Labute approximate surface area is 210 Å². The Balaban J connectivity index is 1.35. The minimum absolute atomic E-state index is 0.0101. The number of alkyl halides is 3. The average molecular weight is 514 g/mol. The van der Waals surface area contributed by atoms with Crippen LogP contribution in [0.15, 0.2) is 53.3 Å². The number of benzene rings is 2. The van der Waals surface area contributed by atoms with Gasteiger partial charge < -0.3 is 20.8 Å². The molecule has 2 aromatic carbocycles. The van der Waals surface area contributed by atoms with Gasteiger partial charge in [0.05, 0.1) is 17.5 Å². The van der Waals surface area contributed by atoms with E-state index in [1.54, 1.807) is 18.2 Å². The lowest BCUT2D eigenvalue weighted by Gasteiger charge is -2.22. The van der Waals surface area contributed by atoms with Gasteiger partial charge in [-0.05, 0) is 48.4 Å². The summed E-state index contributed by atoms with van der Waals surface area (Å²) in [6, 6.07) is 11.0. The van der Waals surface area contributed by atoms with Crippen molar-refractivity contribution >= 4 is 22.6 Å². The second kappa shape index (κ2) is 9.33. The number of aromatic nitrogens is 1. The maximum atomic E-state index is 13.5. The summed E-state index contributed by atoms with van der Waals surface area (Å²) in [6.45, 7) is 0.0101. The van der Waals surface area contributed by atoms with E-state index >= 15 is 0 Å². The second-order valence-corrected chi connectivity index (χ2v) is 9.86. The highest BCUT2D eigenvalue weighted by Gasteiger charge is 2.40. The van der Waals surface area contributed by atoms with Crippen molar-refractivity contribution in [1.82, 2.24) is 10.3 Å². The van der Waals surface area contributed by atoms with Gasteiger partial charge in [-0.15, -0.1) is 0 Å². The van der Waals surface area contributed by atoms with Gasteiger partial charge in [-0.3, -0.25) is 14.4 Å². The standard InChI is InChI=1S/C27H26F3N3O4/c28-27(29,30)21-6-2-1-5-18(21)22-12-16-8-7-15(11-19(16)24(35)33-22)20-13-17(32-23(20)34)14-37-25(36)26(31)9-3-4-10-26/h1-2,5-8,11-12,17,20H,3-4,9-10,13-14,31H2,(H,32,34)(H,33,35)/t17?,20-/m1/s1. The molecule has 194 valence electrons. The quantitative estimate of drug-likeness (QED) is 0.447. The molecule has 2 heterocycles. The van der Waals surface area contributed by atoms with Crippen molar-refractivity contribution in [3.05, 3.63) is 70.0 Å². The molecule has 0 bridgehead atoms. The van der Waals surface area contributed by atoms with Gasteiger partial charge >= 0.3 is 12.1 Å². The van der Waals surface area contributed by atoms with E-state index in [1.807, 2.05) is 0 Å². The molecular weight excluding hydrogens is 487 g/mol. The Morgan fingerprint density at radius 2 is 1.81 bits per heavy atom. The maximum absolute atomic E-state index is 13.5. The van der Waals surface area contributed by atoms with Crippen LogP contribution < -0.4 is 16.6 Å². The number of pyridine rings is 1. The lowest BCUT2D eigenvalue weighted by Crippen LogP contribution is -2.47. The van der Waals surface area contributed by atoms with Crippen LogP contribution in [-0.4, -0.2) is 35.0 Å². The first-order valence-electron chi connectivity index (χ1n) is 12.2. The Bertz CT molecular complexity index is 1430. The molecule has 2 aliphatic rings. The van der Waals surface area contributed by atoms with Crippen molar-refractivity contribution in [2.24, 2.45) is 5.73 Å². The predicted octanol–water partition coefficient (Wildman–Crippen LogP) is 4.00. The van der Waals surface area contributed by atoms with Crippen LogP contribution in [0.2, 0.25) is 0 Å². The molecule has 1 aromatic heterocycles. The zero-order chi connectivity index (χ0) is 26.4. The van der Waals surface area contributed by atoms with Crippen molar-refractivity contribution in [1.29, 1.82) is 0 Å². The van der Waals surface area contributed by atoms with Crippen molar-refractivity contribution in [3.63, 3.8) is 0 Å². The summed E-state index contributed by atoms with van der Waals surface area (Å²) in [6.07, 6.45) is -1.28. The summed E-state index contributed by atoms with van der Waals surface area (Å²) >= 11 is 0. The van der Waals surface area contributed by atoms with E-state index in [4.69, 9.17) is 10.5 Å². The van der Waals surface area contributed by atoms with Crippen LogP contribution in [0.3, 0.4) is 0 Å². The number of nitrogens with two attached hydrogens (primary N) is 1. The first-order valence-corrected chi connectivity index (χ1v) is 12.2. The molecule has 4 N–H and O–H groups in total. The minimum atomic E-state index is -4.57. The number of esters is 1. The van der Waals surface area contributed by atoms with E-state index < -0.39 is 34.7 Å². The third-order valence-corrected chi connectivity index (χ3v) is 7.30. The molecule has 10 heteroatoms. The van der Waals surface area contributed by atoms with Crippen LogP contribution in [0, 0.1) is 0 Å². The smallest absolute Gasteiger partial charge is 0.417 e. The minimum Gasteiger partial charge on any atom is -0.462 e. The van der Waals surface area contributed by atoms with Crippen LogP contribution in [0.1, 0.15) is 49.1 Å². The Hall–Kier alpha value is -3.66. The number of hydrogen-bond donors (Lipinski definition) is 3. The molecule has 1 unspecified atom stereocenters. The number of aromatic amines is 1. The topological polar surface area (TPSA) is 114 Å². The predicted molar refractivity (Wildman–Crippen MR) is 131 cm³/mol. The highest BCUT2D eigenvalue weighted by Crippen LogP contribution is 2.37. The van der Waals surface area contributed by atoms with Gasteiger partial charge in [0.25, 0.3) is 5.56 Å². The molecule has 1 saturated heterocycles. The summed E-state index contributed by atoms with van der Waals surface area (Å²) in [5.41, 5.74) is 4.30. The number of ether oxygens (including phenoxy) is 1. The van der Waals surface area contributed by atoms with Gasteiger partial charge in [0.15, 0.2) is 0 Å². The number of amides is 1. The van der Waals surface area contributed by atoms with Crippen LogP contribution in [-0.2, 0) is 20.5 Å². The second-order valence-electron chi connectivity index (χ2n) is 9.86. The van der Waals surface area contributed by atoms with Gasteiger partial charge in [0.1, 0.15) is 12.1 Å². The summed E-state index contributed by atoms with van der Waals surface area (Å²) < 4.78 is 45.8. The molecule has 1 saturated carbocycles. The molecule has 3 aromatic rings. The third kappa shape index (κ3) is 4.85. The van der Waals surface area contributed by atoms with E-state index in [1.165, 1.54) is 24.3 Å². The highest BCUT2D eigenvalue weighted by molar-refractivity contribution is 5.90. The molecule has 1 aliphatic carbocycles. The largest absolute Gasteiger partial charge is 0.462 e. The zero-order valence-corrected chi connectivity index (χ0v) is 19.9. The number of carbonyl (C=O) groups excluding carboxylic acids is 2. The molecule has 37 heavy (non-hydrogen) atoms. The first kappa shape index (κ1) is 25.0. The van der Waals surface area contributed by atoms with E-state index in [9.17, 15) is 27.6 Å². The molecule has 0 spiro atoms. The zero-order valence-electron chi connectivity index (χ0n) is 19.9. The molecule has 7 nitrogen and oxygen atoms in total. The summed E-state index contributed by atoms with van der Waals surface area (Å²) in [4.78, 5) is 40.5. The molecule has 5 rings (SSSR count). The lowest BCUT2D eigenvalue weighted by atomic mass is 9.93. The third-order valence-electron chi connectivity index (χ3n) is 7.30. The number of H-pyrrole nitrogens is 1. The fourth-order valence-corrected chi connectivity index (χ4v) is 5.28. The van der Waals surface area contributed by atoms with E-state index in [2.05, 4.69) is 10.3 Å². The number of carbonyl (C=O) groups is 2. The highest BCUT2D eigenvalue weighted by atomic mass is 19.4. The van der Waals surface area contributed by atoms with Crippen LogP contribution >= 0.6 is 0 Å². The van der Waals surface area contributed by atoms with Crippen molar-refractivity contribution < 1.29 is 27.5 Å². The number of halogens is 3. The van der Waals surface area contributed by atoms with Gasteiger partial charge in [0, 0.05) is 16.6 Å².